The van der Waals surface area contributed by atoms with Crippen LogP contribution in [0.2, 0.25) is 0 Å². The monoisotopic (exact) mass is 415 g/mol. The largest absolute Gasteiger partial charge is 0.351 e. The molecule has 0 saturated heterocycles. The molecule has 0 fully saturated rings. The van der Waals surface area contributed by atoms with E-state index < -0.39 is 0 Å². The molecule has 1 aromatic heterocycles. The lowest BCUT2D eigenvalue weighted by Gasteiger charge is -2.22. The molecule has 1 aromatic carbocycles. The van der Waals surface area contributed by atoms with Gasteiger partial charge in [-0.1, -0.05) is 30.3 Å². The number of thiophene rings is 1. The summed E-state index contributed by atoms with van der Waals surface area (Å²) in [5, 5.41) is 5.49. The minimum atomic E-state index is 0. The third kappa shape index (κ3) is 5.32. The molecule has 114 valence electrons. The molecular weight excluding hydrogens is 393 g/mol. The van der Waals surface area contributed by atoms with Crippen LogP contribution in [-0.4, -0.2) is 25.0 Å². The molecule has 0 radical (unpaired) electrons. The Bertz CT molecular complexity index is 567. The van der Waals surface area contributed by atoms with Crippen LogP contribution < -0.4 is 5.32 Å². The van der Waals surface area contributed by atoms with Crippen molar-refractivity contribution in [2.45, 2.75) is 20.0 Å². The number of nitrogens with one attached hydrogen (secondary N) is 1. The van der Waals surface area contributed by atoms with Crippen LogP contribution in [0.25, 0.3) is 0 Å². The first kappa shape index (κ1) is 18.0. The van der Waals surface area contributed by atoms with Crippen LogP contribution in [0.4, 0.5) is 0 Å². The van der Waals surface area contributed by atoms with Gasteiger partial charge in [0.25, 0.3) is 0 Å². The molecule has 5 heteroatoms. The van der Waals surface area contributed by atoms with Crippen molar-refractivity contribution in [2.24, 2.45) is 4.99 Å². The van der Waals surface area contributed by atoms with Crippen molar-refractivity contribution in [3.63, 3.8) is 0 Å². The lowest BCUT2D eigenvalue weighted by molar-refractivity contribution is 0.475. The van der Waals surface area contributed by atoms with Gasteiger partial charge in [0, 0.05) is 25.5 Å². The summed E-state index contributed by atoms with van der Waals surface area (Å²) < 4.78 is 0. The normalized spacial score (nSPS) is 10.9. The van der Waals surface area contributed by atoms with E-state index in [2.05, 4.69) is 71.0 Å². The van der Waals surface area contributed by atoms with Gasteiger partial charge in [-0.3, -0.25) is 4.99 Å². The van der Waals surface area contributed by atoms with E-state index in [1.54, 1.807) is 11.3 Å². The molecule has 0 spiro atoms. The number of aliphatic imine (C=N–C) groups is 1. The Labute approximate surface area is 148 Å². The van der Waals surface area contributed by atoms with E-state index >= 15 is 0 Å². The van der Waals surface area contributed by atoms with Crippen LogP contribution in [-0.2, 0) is 13.1 Å². The summed E-state index contributed by atoms with van der Waals surface area (Å²) in [6.07, 6.45) is 0. The standard InChI is InChI=1S/C16H21N3S.HI/c1-13-7-4-5-8-14(13)12-19(3)16(17-2)18-11-15-9-6-10-20-15;/h4-10H,11-12H2,1-3H3,(H,17,18);1H. The van der Waals surface area contributed by atoms with Crippen LogP contribution in [0, 0.1) is 6.92 Å². The summed E-state index contributed by atoms with van der Waals surface area (Å²) in [6.45, 7) is 3.82. The van der Waals surface area contributed by atoms with Gasteiger partial charge in [0.15, 0.2) is 5.96 Å². The number of halogens is 1. The Morgan fingerprint density at radius 3 is 2.62 bits per heavy atom. The molecule has 0 aliphatic rings. The Kier molecular flexibility index (Phi) is 7.74. The van der Waals surface area contributed by atoms with Crippen LogP contribution in [0.5, 0.6) is 0 Å². The molecule has 3 nitrogen and oxygen atoms in total. The predicted octanol–water partition coefficient (Wildman–Crippen LogP) is 3.88. The van der Waals surface area contributed by atoms with E-state index in [0.29, 0.717) is 0 Å². The summed E-state index contributed by atoms with van der Waals surface area (Å²) in [7, 11) is 3.89. The highest BCUT2D eigenvalue weighted by molar-refractivity contribution is 14.0. The number of benzene rings is 1. The van der Waals surface area contributed by atoms with Gasteiger partial charge >= 0.3 is 0 Å². The lowest BCUT2D eigenvalue weighted by atomic mass is 10.1. The van der Waals surface area contributed by atoms with E-state index in [1.165, 1.54) is 16.0 Å². The number of rotatable bonds is 4. The molecule has 0 bridgehead atoms. The second-order valence-electron chi connectivity index (χ2n) is 4.76. The molecule has 0 saturated carbocycles. The summed E-state index contributed by atoms with van der Waals surface area (Å²) in [4.78, 5) is 7.81. The first-order chi connectivity index (χ1) is 9.70. The topological polar surface area (TPSA) is 27.6 Å². The van der Waals surface area contributed by atoms with Crippen molar-refractivity contribution in [3.05, 3.63) is 57.8 Å². The molecule has 0 unspecified atom stereocenters. The fourth-order valence-electron chi connectivity index (χ4n) is 2.08. The number of hydrogen-bond donors (Lipinski definition) is 1. The van der Waals surface area contributed by atoms with Crippen molar-refractivity contribution in [2.75, 3.05) is 14.1 Å². The number of guanidine groups is 1. The Morgan fingerprint density at radius 2 is 2.00 bits per heavy atom. The summed E-state index contributed by atoms with van der Waals surface area (Å²) in [5.74, 6) is 0.918. The minimum absolute atomic E-state index is 0. The zero-order valence-corrected chi connectivity index (χ0v) is 15.8. The maximum absolute atomic E-state index is 4.35. The number of aryl methyl sites for hydroxylation is 1. The van der Waals surface area contributed by atoms with E-state index in [1.807, 2.05) is 7.05 Å². The van der Waals surface area contributed by atoms with Gasteiger partial charge in [0.2, 0.25) is 0 Å². The first-order valence-electron chi connectivity index (χ1n) is 6.69. The minimum Gasteiger partial charge on any atom is -0.351 e. The van der Waals surface area contributed by atoms with Crippen molar-refractivity contribution in [3.8, 4) is 0 Å². The molecule has 1 heterocycles. The Morgan fingerprint density at radius 1 is 1.24 bits per heavy atom. The van der Waals surface area contributed by atoms with Gasteiger partial charge in [-0.15, -0.1) is 35.3 Å². The number of hydrogen-bond acceptors (Lipinski definition) is 2. The SMILES string of the molecule is CN=C(NCc1cccs1)N(C)Cc1ccccc1C.I. The van der Waals surface area contributed by atoms with Crippen molar-refractivity contribution < 1.29 is 0 Å². The Balaban J connectivity index is 0.00000220. The van der Waals surface area contributed by atoms with Gasteiger partial charge in [0.1, 0.15) is 0 Å². The summed E-state index contributed by atoms with van der Waals surface area (Å²) in [5.41, 5.74) is 2.64. The second kappa shape index (κ2) is 9.04. The molecule has 2 rings (SSSR count). The number of nitrogens with zero attached hydrogens (tertiary/aromatic N) is 2. The highest BCUT2D eigenvalue weighted by Gasteiger charge is 2.08. The van der Waals surface area contributed by atoms with E-state index in [-0.39, 0.29) is 24.0 Å². The van der Waals surface area contributed by atoms with Gasteiger partial charge in [-0.05, 0) is 29.5 Å². The van der Waals surface area contributed by atoms with Gasteiger partial charge in [-0.2, -0.15) is 0 Å². The Hall–Kier alpha value is -1.08. The van der Waals surface area contributed by atoms with Crippen LogP contribution in [0.1, 0.15) is 16.0 Å². The summed E-state index contributed by atoms with van der Waals surface area (Å²) >= 11 is 1.76. The van der Waals surface area contributed by atoms with Crippen LogP contribution in [0.3, 0.4) is 0 Å². The molecular formula is C16H22IN3S. The maximum Gasteiger partial charge on any atom is 0.193 e. The van der Waals surface area contributed by atoms with Crippen molar-refractivity contribution in [1.82, 2.24) is 10.2 Å². The maximum atomic E-state index is 4.35. The average molecular weight is 415 g/mol. The van der Waals surface area contributed by atoms with Gasteiger partial charge < -0.3 is 10.2 Å². The second-order valence-corrected chi connectivity index (χ2v) is 5.79. The fourth-order valence-corrected chi connectivity index (χ4v) is 2.73. The highest BCUT2D eigenvalue weighted by atomic mass is 127. The summed E-state index contributed by atoms with van der Waals surface area (Å²) in [6, 6.07) is 12.7. The smallest absolute Gasteiger partial charge is 0.193 e. The molecule has 1 N–H and O–H groups in total. The van der Waals surface area contributed by atoms with Crippen LogP contribution >= 0.6 is 35.3 Å². The van der Waals surface area contributed by atoms with Crippen LogP contribution in [0.15, 0.2) is 46.8 Å². The van der Waals surface area contributed by atoms with Crippen molar-refractivity contribution >= 4 is 41.3 Å². The first-order valence-corrected chi connectivity index (χ1v) is 7.57. The van der Waals surface area contributed by atoms with E-state index in [4.69, 9.17) is 0 Å². The third-order valence-electron chi connectivity index (χ3n) is 3.24. The molecule has 21 heavy (non-hydrogen) atoms. The lowest BCUT2D eigenvalue weighted by Crippen LogP contribution is -2.38. The molecule has 0 aliphatic heterocycles. The highest BCUT2D eigenvalue weighted by Crippen LogP contribution is 2.10. The quantitative estimate of drug-likeness (QED) is 0.466. The predicted molar refractivity (Wildman–Crippen MR) is 103 cm³/mol. The molecule has 0 aliphatic carbocycles. The zero-order chi connectivity index (χ0) is 14.4. The molecule has 0 atom stereocenters. The van der Waals surface area contributed by atoms with Gasteiger partial charge in [0.05, 0.1) is 6.54 Å². The van der Waals surface area contributed by atoms with E-state index in [0.717, 1.165) is 19.0 Å². The average Bonchev–Trinajstić information content (AvgIpc) is 2.95. The molecule has 2 aromatic rings. The third-order valence-corrected chi connectivity index (χ3v) is 4.12. The van der Waals surface area contributed by atoms with E-state index in [9.17, 15) is 0 Å². The fraction of sp³-hybridized carbons (Fsp3) is 0.312. The molecule has 0 amide bonds. The van der Waals surface area contributed by atoms with Gasteiger partial charge in [-0.25, -0.2) is 0 Å². The zero-order valence-electron chi connectivity index (χ0n) is 12.7. The van der Waals surface area contributed by atoms with Crippen molar-refractivity contribution in [1.29, 1.82) is 0 Å².